The van der Waals surface area contributed by atoms with Crippen molar-refractivity contribution in [1.82, 2.24) is 4.90 Å². The highest BCUT2D eigenvalue weighted by atomic mass is 35.5. The Kier molecular flexibility index (Phi) is 5.26. The number of carboxylic acids is 1. The Balaban J connectivity index is 2.02. The molecular formula is C16H19ClN2O4. The number of amides is 2. The molecule has 23 heavy (non-hydrogen) atoms. The molecule has 1 fully saturated rings. The Morgan fingerprint density at radius 1 is 1.39 bits per heavy atom. The van der Waals surface area contributed by atoms with Gasteiger partial charge in [0.1, 0.15) is 0 Å². The van der Waals surface area contributed by atoms with Gasteiger partial charge in [0.15, 0.2) is 0 Å². The number of benzene rings is 1. The maximum atomic E-state index is 12.4. The number of hydrogen-bond donors (Lipinski definition) is 1. The molecule has 1 aromatic carbocycles. The minimum absolute atomic E-state index is 0.120. The van der Waals surface area contributed by atoms with Crippen LogP contribution in [0, 0.1) is 11.8 Å². The first kappa shape index (κ1) is 17.3. The van der Waals surface area contributed by atoms with E-state index in [0.29, 0.717) is 17.3 Å². The van der Waals surface area contributed by atoms with Gasteiger partial charge in [-0.05, 0) is 24.3 Å². The molecule has 2 atom stereocenters. The second-order valence-corrected chi connectivity index (χ2v) is 6.28. The number of carbonyl (C=O) groups is 3. The van der Waals surface area contributed by atoms with Crippen molar-refractivity contribution in [3.05, 3.63) is 29.3 Å². The molecule has 2 unspecified atom stereocenters. The highest BCUT2D eigenvalue weighted by Crippen LogP contribution is 2.27. The summed E-state index contributed by atoms with van der Waals surface area (Å²) in [6.45, 7) is 1.97. The van der Waals surface area contributed by atoms with Crippen LogP contribution < -0.4 is 4.90 Å². The average molecular weight is 339 g/mol. The van der Waals surface area contributed by atoms with Crippen LogP contribution in [-0.2, 0) is 14.4 Å². The summed E-state index contributed by atoms with van der Waals surface area (Å²) in [7, 11) is 1.57. The largest absolute Gasteiger partial charge is 0.481 e. The average Bonchev–Trinajstić information content (AvgIpc) is 2.89. The molecule has 7 heteroatoms. The Morgan fingerprint density at radius 2 is 2.00 bits per heavy atom. The van der Waals surface area contributed by atoms with Crippen molar-refractivity contribution >= 4 is 35.1 Å². The van der Waals surface area contributed by atoms with Crippen LogP contribution in [0.3, 0.4) is 0 Å². The fourth-order valence-corrected chi connectivity index (χ4v) is 2.76. The van der Waals surface area contributed by atoms with Crippen LogP contribution in [0.1, 0.15) is 13.3 Å². The standard InChI is InChI=1S/C16H19ClN2O4/c1-10(16(22)23)8-18(2)15(21)11-7-14(20)19(9-11)13-5-3-12(17)4-6-13/h3-6,10-11H,7-9H2,1-2H3,(H,22,23). The zero-order valence-electron chi connectivity index (χ0n) is 13.0. The van der Waals surface area contributed by atoms with E-state index in [1.807, 2.05) is 0 Å². The van der Waals surface area contributed by atoms with Gasteiger partial charge in [-0.1, -0.05) is 18.5 Å². The van der Waals surface area contributed by atoms with Gasteiger partial charge in [0.05, 0.1) is 11.8 Å². The molecule has 1 saturated heterocycles. The molecule has 1 aliphatic rings. The van der Waals surface area contributed by atoms with E-state index in [1.165, 1.54) is 4.90 Å². The predicted molar refractivity (Wildman–Crippen MR) is 86.3 cm³/mol. The molecule has 1 heterocycles. The molecule has 1 aromatic rings. The molecule has 2 rings (SSSR count). The monoisotopic (exact) mass is 338 g/mol. The second-order valence-electron chi connectivity index (χ2n) is 5.84. The van der Waals surface area contributed by atoms with E-state index in [-0.39, 0.29) is 24.8 Å². The zero-order valence-corrected chi connectivity index (χ0v) is 13.8. The van der Waals surface area contributed by atoms with Crippen molar-refractivity contribution in [2.24, 2.45) is 11.8 Å². The number of halogens is 1. The van der Waals surface area contributed by atoms with Crippen LogP contribution in [0.15, 0.2) is 24.3 Å². The molecule has 0 bridgehead atoms. The first-order valence-electron chi connectivity index (χ1n) is 7.33. The third-order valence-corrected chi connectivity index (χ3v) is 4.21. The van der Waals surface area contributed by atoms with E-state index in [2.05, 4.69) is 0 Å². The molecule has 1 N–H and O–H groups in total. The van der Waals surface area contributed by atoms with Crippen LogP contribution in [-0.4, -0.2) is 47.9 Å². The first-order valence-corrected chi connectivity index (χ1v) is 7.71. The summed E-state index contributed by atoms with van der Waals surface area (Å²) in [5, 5.41) is 9.50. The number of aliphatic carboxylic acids is 1. The van der Waals surface area contributed by atoms with Crippen molar-refractivity contribution in [3.63, 3.8) is 0 Å². The molecule has 1 aliphatic heterocycles. The van der Waals surface area contributed by atoms with E-state index in [9.17, 15) is 14.4 Å². The number of hydrogen-bond acceptors (Lipinski definition) is 3. The fraction of sp³-hybridized carbons (Fsp3) is 0.438. The van der Waals surface area contributed by atoms with E-state index in [1.54, 1.807) is 43.1 Å². The second kappa shape index (κ2) is 7.00. The smallest absolute Gasteiger partial charge is 0.308 e. The van der Waals surface area contributed by atoms with Crippen LogP contribution in [0.5, 0.6) is 0 Å². The predicted octanol–water partition coefficient (Wildman–Crippen LogP) is 1.87. The van der Waals surface area contributed by atoms with E-state index >= 15 is 0 Å². The van der Waals surface area contributed by atoms with Gasteiger partial charge in [-0.3, -0.25) is 14.4 Å². The van der Waals surface area contributed by atoms with Crippen molar-refractivity contribution in [3.8, 4) is 0 Å². The highest BCUT2D eigenvalue weighted by molar-refractivity contribution is 6.30. The summed E-state index contributed by atoms with van der Waals surface area (Å²) < 4.78 is 0. The van der Waals surface area contributed by atoms with Gasteiger partial charge in [0, 0.05) is 37.3 Å². The lowest BCUT2D eigenvalue weighted by atomic mass is 10.1. The fourth-order valence-electron chi connectivity index (χ4n) is 2.63. The molecule has 0 spiro atoms. The van der Waals surface area contributed by atoms with E-state index < -0.39 is 17.8 Å². The number of carboxylic acid groups (broad SMARTS) is 1. The van der Waals surface area contributed by atoms with Crippen molar-refractivity contribution < 1.29 is 19.5 Å². The summed E-state index contributed by atoms with van der Waals surface area (Å²) in [5.74, 6) is -2.37. The maximum absolute atomic E-state index is 12.4. The van der Waals surface area contributed by atoms with E-state index in [0.717, 1.165) is 0 Å². The Morgan fingerprint density at radius 3 is 2.57 bits per heavy atom. The zero-order chi connectivity index (χ0) is 17.1. The lowest BCUT2D eigenvalue weighted by Gasteiger charge is -2.23. The number of carbonyl (C=O) groups excluding carboxylic acids is 2. The van der Waals surface area contributed by atoms with Crippen LogP contribution >= 0.6 is 11.6 Å². The SMILES string of the molecule is CC(CN(C)C(=O)C1CC(=O)N(c2ccc(Cl)cc2)C1)C(=O)O. The Bertz CT molecular complexity index is 617. The van der Waals surface area contributed by atoms with Crippen molar-refractivity contribution in [1.29, 1.82) is 0 Å². The van der Waals surface area contributed by atoms with Gasteiger partial charge >= 0.3 is 5.97 Å². The van der Waals surface area contributed by atoms with Gasteiger partial charge < -0.3 is 14.9 Å². The van der Waals surface area contributed by atoms with Gasteiger partial charge in [-0.25, -0.2) is 0 Å². The minimum Gasteiger partial charge on any atom is -0.481 e. The highest BCUT2D eigenvalue weighted by Gasteiger charge is 2.36. The van der Waals surface area contributed by atoms with Crippen molar-refractivity contribution in [2.45, 2.75) is 13.3 Å². The van der Waals surface area contributed by atoms with E-state index in [4.69, 9.17) is 16.7 Å². The number of nitrogens with zero attached hydrogens (tertiary/aromatic N) is 2. The maximum Gasteiger partial charge on any atom is 0.308 e. The molecule has 2 amide bonds. The van der Waals surface area contributed by atoms with Crippen molar-refractivity contribution in [2.75, 3.05) is 25.0 Å². The minimum atomic E-state index is -0.949. The lowest BCUT2D eigenvalue weighted by Crippen LogP contribution is -2.38. The quantitative estimate of drug-likeness (QED) is 0.889. The summed E-state index contributed by atoms with van der Waals surface area (Å²) in [4.78, 5) is 38.4. The number of rotatable bonds is 5. The lowest BCUT2D eigenvalue weighted by molar-refractivity contribution is -0.143. The summed E-state index contributed by atoms with van der Waals surface area (Å²) in [6, 6.07) is 6.87. The molecule has 0 aromatic heterocycles. The number of anilines is 1. The summed E-state index contributed by atoms with van der Waals surface area (Å²) >= 11 is 5.84. The molecule has 0 aliphatic carbocycles. The molecule has 0 saturated carbocycles. The molecular weight excluding hydrogens is 320 g/mol. The normalized spacial score (nSPS) is 18.8. The Labute approximate surface area is 139 Å². The molecule has 0 radical (unpaired) electrons. The van der Waals surface area contributed by atoms with Crippen LogP contribution in [0.2, 0.25) is 5.02 Å². The van der Waals surface area contributed by atoms with Gasteiger partial charge in [-0.2, -0.15) is 0 Å². The summed E-state index contributed by atoms with van der Waals surface area (Å²) in [6.07, 6.45) is 0.132. The van der Waals surface area contributed by atoms with Crippen LogP contribution in [0.4, 0.5) is 5.69 Å². The van der Waals surface area contributed by atoms with Crippen LogP contribution in [0.25, 0.3) is 0 Å². The first-order chi connectivity index (χ1) is 10.8. The third-order valence-electron chi connectivity index (χ3n) is 3.96. The molecule has 6 nitrogen and oxygen atoms in total. The van der Waals surface area contributed by atoms with Gasteiger partial charge in [0.2, 0.25) is 11.8 Å². The summed E-state index contributed by atoms with van der Waals surface area (Å²) in [5.41, 5.74) is 0.705. The topological polar surface area (TPSA) is 77.9 Å². The molecule has 124 valence electrons. The third kappa shape index (κ3) is 4.01. The van der Waals surface area contributed by atoms with Gasteiger partial charge in [0.25, 0.3) is 0 Å². The Hall–Kier alpha value is -2.08. The van der Waals surface area contributed by atoms with Gasteiger partial charge in [-0.15, -0.1) is 0 Å².